The third-order valence-corrected chi connectivity index (χ3v) is 4.14. The zero-order chi connectivity index (χ0) is 15.0. The normalized spacial score (nSPS) is 21.7. The van der Waals surface area contributed by atoms with Crippen LogP contribution in [0.25, 0.3) is 0 Å². The number of nitrogens with zero attached hydrogens (tertiary/aromatic N) is 4. The highest BCUT2D eigenvalue weighted by Crippen LogP contribution is 2.27. The Balaban J connectivity index is 1.75. The number of anilines is 1. The lowest BCUT2D eigenvalue weighted by molar-refractivity contribution is -0.129. The van der Waals surface area contributed by atoms with Crippen molar-refractivity contribution in [3.63, 3.8) is 0 Å². The molecule has 2 saturated heterocycles. The predicted molar refractivity (Wildman–Crippen MR) is 78.9 cm³/mol. The number of hydrogen-bond donors (Lipinski definition) is 0. The van der Waals surface area contributed by atoms with Crippen molar-refractivity contribution in [1.29, 1.82) is 0 Å². The second kappa shape index (κ2) is 5.35. The van der Waals surface area contributed by atoms with E-state index in [9.17, 15) is 9.59 Å². The lowest BCUT2D eigenvalue weighted by atomic mass is 10.0. The molecular formula is C15H20N4O2. The van der Waals surface area contributed by atoms with E-state index in [4.69, 9.17) is 0 Å². The molecule has 0 saturated carbocycles. The largest absolute Gasteiger partial charge is 0.363 e. The van der Waals surface area contributed by atoms with Crippen LogP contribution in [0.1, 0.15) is 24.8 Å². The molecule has 1 aromatic heterocycles. The van der Waals surface area contributed by atoms with Gasteiger partial charge < -0.3 is 9.80 Å². The van der Waals surface area contributed by atoms with Gasteiger partial charge in [-0.15, -0.1) is 0 Å². The molecule has 2 aliphatic heterocycles. The van der Waals surface area contributed by atoms with Crippen molar-refractivity contribution in [2.75, 3.05) is 25.5 Å². The van der Waals surface area contributed by atoms with Crippen molar-refractivity contribution in [2.45, 2.75) is 31.8 Å². The minimum absolute atomic E-state index is 0.0589. The van der Waals surface area contributed by atoms with Crippen molar-refractivity contribution in [2.24, 2.45) is 0 Å². The van der Waals surface area contributed by atoms with Crippen molar-refractivity contribution < 1.29 is 9.59 Å². The Bertz CT molecular complexity index is 531. The molecule has 0 unspecified atom stereocenters. The average molecular weight is 288 g/mol. The molecule has 0 bridgehead atoms. The number of aromatic nitrogens is 1. The van der Waals surface area contributed by atoms with Crippen molar-refractivity contribution in [3.8, 4) is 0 Å². The Morgan fingerprint density at radius 3 is 2.71 bits per heavy atom. The quantitative estimate of drug-likeness (QED) is 0.790. The Morgan fingerprint density at radius 1 is 1.29 bits per heavy atom. The lowest BCUT2D eigenvalue weighted by Gasteiger charge is -2.26. The van der Waals surface area contributed by atoms with Crippen molar-refractivity contribution in [1.82, 2.24) is 14.8 Å². The predicted octanol–water partition coefficient (Wildman–Crippen LogP) is 1.46. The molecule has 3 rings (SSSR count). The first kappa shape index (κ1) is 13.9. The van der Waals surface area contributed by atoms with Crippen LogP contribution in [0.2, 0.25) is 0 Å². The van der Waals surface area contributed by atoms with Gasteiger partial charge in [0.2, 0.25) is 0 Å². The molecule has 6 nitrogen and oxygen atoms in total. The average Bonchev–Trinajstić information content (AvgIpc) is 2.73. The molecule has 0 aliphatic carbocycles. The number of piperidine rings is 1. The van der Waals surface area contributed by atoms with Gasteiger partial charge in [0.25, 0.3) is 5.91 Å². The van der Waals surface area contributed by atoms with Crippen LogP contribution in [0.3, 0.4) is 0 Å². The van der Waals surface area contributed by atoms with Crippen LogP contribution in [0.15, 0.2) is 18.3 Å². The molecule has 112 valence electrons. The summed E-state index contributed by atoms with van der Waals surface area (Å²) in [6.45, 7) is 1.01. The number of hydrogen-bond acceptors (Lipinski definition) is 4. The molecule has 0 N–H and O–H groups in total. The summed E-state index contributed by atoms with van der Waals surface area (Å²) in [5.74, 6) is 0.798. The van der Waals surface area contributed by atoms with Crippen molar-refractivity contribution >= 4 is 17.8 Å². The molecule has 3 heterocycles. The summed E-state index contributed by atoms with van der Waals surface area (Å²) in [6.07, 6.45) is 4.53. The van der Waals surface area contributed by atoms with Gasteiger partial charge in [-0.25, -0.2) is 9.78 Å². The number of pyridine rings is 1. The maximum atomic E-state index is 12.4. The van der Waals surface area contributed by atoms with E-state index in [2.05, 4.69) is 4.98 Å². The maximum Gasteiger partial charge on any atom is 0.327 e. The van der Waals surface area contributed by atoms with Crippen LogP contribution in [0.4, 0.5) is 10.6 Å². The standard InChI is InChI=1S/C15H20N4O2/c1-17(2)13-7-6-11(9-16-13)10-19-14(20)12-5-3-4-8-18(12)15(19)21/h6-7,9,12H,3-5,8,10H2,1-2H3/t12-/m1/s1. The summed E-state index contributed by atoms with van der Waals surface area (Å²) < 4.78 is 0. The summed E-state index contributed by atoms with van der Waals surface area (Å²) in [4.78, 5) is 34.0. The summed E-state index contributed by atoms with van der Waals surface area (Å²) in [6, 6.07) is 3.43. The minimum atomic E-state index is -0.236. The number of amides is 3. The molecule has 3 amide bonds. The first-order chi connectivity index (χ1) is 10.1. The van der Waals surface area contributed by atoms with E-state index in [1.165, 1.54) is 4.90 Å². The van der Waals surface area contributed by atoms with E-state index in [0.717, 1.165) is 30.6 Å². The molecular weight excluding hydrogens is 268 g/mol. The van der Waals surface area contributed by atoms with E-state index < -0.39 is 0 Å². The van der Waals surface area contributed by atoms with Gasteiger partial charge >= 0.3 is 6.03 Å². The Labute approximate surface area is 124 Å². The Morgan fingerprint density at radius 2 is 2.10 bits per heavy atom. The van der Waals surface area contributed by atoms with Gasteiger partial charge in [-0.1, -0.05) is 6.07 Å². The first-order valence-electron chi connectivity index (χ1n) is 7.32. The second-order valence-corrected chi connectivity index (χ2v) is 5.83. The fourth-order valence-electron chi connectivity index (χ4n) is 2.95. The van der Waals surface area contributed by atoms with Gasteiger partial charge in [-0.2, -0.15) is 0 Å². The third-order valence-electron chi connectivity index (χ3n) is 4.14. The minimum Gasteiger partial charge on any atom is -0.363 e. The molecule has 0 radical (unpaired) electrons. The molecule has 21 heavy (non-hydrogen) atoms. The van der Waals surface area contributed by atoms with E-state index in [0.29, 0.717) is 13.1 Å². The van der Waals surface area contributed by atoms with Gasteiger partial charge in [0.15, 0.2) is 0 Å². The summed E-state index contributed by atoms with van der Waals surface area (Å²) in [5.41, 5.74) is 0.877. The maximum absolute atomic E-state index is 12.4. The van der Waals surface area contributed by atoms with Crippen LogP contribution in [-0.4, -0.2) is 53.4 Å². The lowest BCUT2D eigenvalue weighted by Crippen LogP contribution is -2.38. The summed E-state index contributed by atoms with van der Waals surface area (Å²) >= 11 is 0. The summed E-state index contributed by atoms with van der Waals surface area (Å²) in [5, 5.41) is 0. The highest BCUT2D eigenvalue weighted by molar-refractivity contribution is 6.04. The number of carbonyl (C=O) groups excluding carboxylic acids is 2. The van der Waals surface area contributed by atoms with E-state index in [1.807, 2.05) is 31.1 Å². The second-order valence-electron chi connectivity index (χ2n) is 5.83. The zero-order valence-corrected chi connectivity index (χ0v) is 12.5. The number of fused-ring (bicyclic) bond motifs is 1. The topological polar surface area (TPSA) is 56.8 Å². The van der Waals surface area contributed by atoms with Crippen LogP contribution in [0.5, 0.6) is 0 Å². The zero-order valence-electron chi connectivity index (χ0n) is 12.5. The smallest absolute Gasteiger partial charge is 0.327 e. The Hall–Kier alpha value is -2.11. The van der Waals surface area contributed by atoms with Crippen LogP contribution >= 0.6 is 0 Å². The summed E-state index contributed by atoms with van der Waals surface area (Å²) in [7, 11) is 3.85. The molecule has 1 atom stereocenters. The third kappa shape index (κ3) is 2.46. The van der Waals surface area contributed by atoms with Crippen LogP contribution in [0, 0.1) is 0 Å². The highest BCUT2D eigenvalue weighted by atomic mass is 16.2. The molecule has 1 aromatic rings. The molecule has 0 aromatic carbocycles. The van der Waals surface area contributed by atoms with Gasteiger partial charge in [0.05, 0.1) is 6.54 Å². The molecule has 6 heteroatoms. The van der Waals surface area contributed by atoms with Crippen molar-refractivity contribution in [3.05, 3.63) is 23.9 Å². The Kier molecular flexibility index (Phi) is 3.53. The van der Waals surface area contributed by atoms with E-state index in [1.54, 1.807) is 11.1 Å². The SMILES string of the molecule is CN(C)c1ccc(CN2C(=O)[C@H]3CCCCN3C2=O)cn1. The first-order valence-corrected chi connectivity index (χ1v) is 7.32. The van der Waals surface area contributed by atoms with Gasteiger partial charge in [0, 0.05) is 26.8 Å². The van der Waals surface area contributed by atoms with Crippen LogP contribution < -0.4 is 4.90 Å². The highest BCUT2D eigenvalue weighted by Gasteiger charge is 2.45. The van der Waals surface area contributed by atoms with E-state index in [-0.39, 0.29) is 18.0 Å². The number of urea groups is 1. The fourth-order valence-corrected chi connectivity index (χ4v) is 2.95. The van der Waals surface area contributed by atoms with Gasteiger partial charge in [0.1, 0.15) is 11.9 Å². The molecule has 2 fully saturated rings. The van der Waals surface area contributed by atoms with Crippen LogP contribution in [-0.2, 0) is 11.3 Å². The number of imide groups is 1. The van der Waals surface area contributed by atoms with Gasteiger partial charge in [-0.05, 0) is 30.9 Å². The molecule has 2 aliphatic rings. The number of carbonyl (C=O) groups is 2. The van der Waals surface area contributed by atoms with E-state index >= 15 is 0 Å². The monoisotopic (exact) mass is 288 g/mol. The fraction of sp³-hybridized carbons (Fsp3) is 0.533. The molecule has 0 spiro atoms. The number of rotatable bonds is 3. The van der Waals surface area contributed by atoms with Gasteiger partial charge in [-0.3, -0.25) is 9.69 Å².